The number of hydrogen-bond acceptors (Lipinski definition) is 1. The van der Waals surface area contributed by atoms with Crippen molar-refractivity contribution in [2.24, 2.45) is 0 Å². The molecule has 0 spiro atoms. The number of benzene rings is 2. The SMILES string of the molecule is C=CP(=S)(CCc1ccccc1)CCc1ccccc1. The van der Waals surface area contributed by atoms with Crippen molar-refractivity contribution < 1.29 is 0 Å². The first kappa shape index (κ1) is 15.2. The second-order valence-electron chi connectivity index (χ2n) is 5.05. The molecule has 0 fully saturated rings. The van der Waals surface area contributed by atoms with Gasteiger partial charge in [0.15, 0.2) is 0 Å². The molecule has 0 atom stereocenters. The largest absolute Gasteiger partial charge is 0.0978 e. The molecule has 2 heteroatoms. The summed E-state index contributed by atoms with van der Waals surface area (Å²) in [6.45, 7) is 4.00. The van der Waals surface area contributed by atoms with Crippen LogP contribution >= 0.6 is 6.04 Å². The van der Waals surface area contributed by atoms with E-state index in [9.17, 15) is 0 Å². The van der Waals surface area contributed by atoms with Crippen molar-refractivity contribution in [3.8, 4) is 0 Å². The lowest BCUT2D eigenvalue weighted by atomic mass is 10.2. The molecule has 0 aliphatic rings. The molecular formula is C18H21PS. The molecule has 0 nitrogen and oxygen atoms in total. The van der Waals surface area contributed by atoms with E-state index in [0.29, 0.717) is 0 Å². The lowest BCUT2D eigenvalue weighted by molar-refractivity contribution is 1.11. The van der Waals surface area contributed by atoms with Crippen LogP contribution in [0.15, 0.2) is 73.1 Å². The maximum atomic E-state index is 5.89. The monoisotopic (exact) mass is 300 g/mol. The summed E-state index contributed by atoms with van der Waals surface area (Å²) in [6, 6.07) is 19.8. The molecule has 2 aromatic rings. The molecule has 0 unspecified atom stereocenters. The number of rotatable bonds is 7. The minimum atomic E-state index is -1.43. The summed E-state index contributed by atoms with van der Waals surface area (Å²) in [5.74, 6) is 2.06. The Morgan fingerprint density at radius 1 is 0.800 bits per heavy atom. The van der Waals surface area contributed by atoms with Gasteiger partial charge in [0.05, 0.1) is 0 Å². The maximum absolute atomic E-state index is 5.89. The molecule has 0 saturated carbocycles. The Labute approximate surface area is 127 Å². The van der Waals surface area contributed by atoms with E-state index >= 15 is 0 Å². The van der Waals surface area contributed by atoms with Gasteiger partial charge >= 0.3 is 0 Å². The third kappa shape index (κ3) is 4.74. The van der Waals surface area contributed by atoms with Crippen LogP contribution in [-0.2, 0) is 24.6 Å². The van der Waals surface area contributed by atoms with Crippen LogP contribution in [0.5, 0.6) is 0 Å². The Hall–Kier alpha value is -1.17. The highest BCUT2D eigenvalue weighted by Crippen LogP contribution is 2.48. The van der Waals surface area contributed by atoms with Gasteiger partial charge in [-0.25, -0.2) is 0 Å². The summed E-state index contributed by atoms with van der Waals surface area (Å²) >= 11 is 5.89. The summed E-state index contributed by atoms with van der Waals surface area (Å²) in [4.78, 5) is 0. The lowest BCUT2D eigenvalue weighted by Crippen LogP contribution is -1.99. The number of aryl methyl sites for hydroxylation is 2. The van der Waals surface area contributed by atoms with E-state index in [1.54, 1.807) is 0 Å². The third-order valence-corrected chi connectivity index (χ3v) is 7.75. The zero-order chi connectivity index (χ0) is 14.3. The molecule has 0 aliphatic carbocycles. The van der Waals surface area contributed by atoms with Crippen molar-refractivity contribution in [2.45, 2.75) is 12.8 Å². The van der Waals surface area contributed by atoms with Crippen LogP contribution in [0.1, 0.15) is 11.1 Å². The van der Waals surface area contributed by atoms with Crippen molar-refractivity contribution in [1.29, 1.82) is 0 Å². The third-order valence-electron chi connectivity index (χ3n) is 3.58. The molecule has 2 aromatic carbocycles. The predicted molar refractivity (Wildman–Crippen MR) is 94.5 cm³/mol. The highest BCUT2D eigenvalue weighted by Gasteiger charge is 2.12. The Morgan fingerprint density at radius 3 is 1.55 bits per heavy atom. The minimum Gasteiger partial charge on any atom is -0.0978 e. The van der Waals surface area contributed by atoms with E-state index in [-0.39, 0.29) is 0 Å². The zero-order valence-electron chi connectivity index (χ0n) is 11.7. The Kier molecular flexibility index (Phi) is 5.76. The second-order valence-corrected chi connectivity index (χ2v) is 10.4. The van der Waals surface area contributed by atoms with Gasteiger partial charge in [-0.2, -0.15) is 0 Å². The van der Waals surface area contributed by atoms with E-state index < -0.39 is 6.04 Å². The standard InChI is InChI=1S/C18H21PS/c1-2-19(20,15-13-17-9-5-3-6-10-17)16-14-18-11-7-4-8-12-18/h2-12H,1,13-16H2. The van der Waals surface area contributed by atoms with E-state index in [4.69, 9.17) is 11.8 Å². The lowest BCUT2D eigenvalue weighted by Gasteiger charge is -2.18. The Bertz CT molecular complexity index is 527. The smallest absolute Gasteiger partial charge is 0.0162 e. The van der Waals surface area contributed by atoms with Gasteiger partial charge in [0.2, 0.25) is 0 Å². The van der Waals surface area contributed by atoms with E-state index in [2.05, 4.69) is 73.1 Å². The van der Waals surface area contributed by atoms with Crippen LogP contribution in [0.4, 0.5) is 0 Å². The van der Waals surface area contributed by atoms with Gasteiger partial charge in [0.1, 0.15) is 0 Å². The van der Waals surface area contributed by atoms with Gasteiger partial charge in [-0.05, 0) is 42.3 Å². The van der Waals surface area contributed by atoms with Crippen LogP contribution in [0, 0.1) is 0 Å². The average molecular weight is 300 g/mol. The van der Waals surface area contributed by atoms with E-state index in [1.165, 1.54) is 11.1 Å². The van der Waals surface area contributed by atoms with Crippen molar-refractivity contribution in [1.82, 2.24) is 0 Å². The summed E-state index contributed by atoms with van der Waals surface area (Å²) in [6.07, 6.45) is 4.31. The topological polar surface area (TPSA) is 0 Å². The van der Waals surface area contributed by atoms with Crippen LogP contribution in [0.2, 0.25) is 0 Å². The van der Waals surface area contributed by atoms with E-state index in [0.717, 1.165) is 25.2 Å². The van der Waals surface area contributed by atoms with Gasteiger partial charge in [0.25, 0.3) is 0 Å². The van der Waals surface area contributed by atoms with Gasteiger partial charge < -0.3 is 0 Å². The first-order valence-corrected chi connectivity index (χ1v) is 10.3. The molecule has 2 rings (SSSR count). The molecule has 0 bridgehead atoms. The summed E-state index contributed by atoms with van der Waals surface area (Å²) < 4.78 is 0. The first-order valence-electron chi connectivity index (χ1n) is 7.01. The fraction of sp³-hybridized carbons (Fsp3) is 0.222. The average Bonchev–Trinajstić information content (AvgIpc) is 2.53. The molecule has 0 aliphatic heterocycles. The summed E-state index contributed by atoms with van der Waals surface area (Å²) in [5.41, 5.74) is 2.76. The Morgan fingerprint density at radius 2 is 1.20 bits per heavy atom. The maximum Gasteiger partial charge on any atom is -0.0162 e. The van der Waals surface area contributed by atoms with Crippen molar-refractivity contribution >= 4 is 17.8 Å². The Balaban J connectivity index is 1.92. The summed E-state index contributed by atoms with van der Waals surface area (Å²) in [7, 11) is 0. The van der Waals surface area contributed by atoms with Crippen LogP contribution in [-0.4, -0.2) is 12.3 Å². The predicted octanol–water partition coefficient (Wildman–Crippen LogP) is 5.09. The second kappa shape index (κ2) is 7.57. The first-order chi connectivity index (χ1) is 9.72. The van der Waals surface area contributed by atoms with Gasteiger partial charge in [-0.3, -0.25) is 0 Å². The van der Waals surface area contributed by atoms with Crippen molar-refractivity contribution in [2.75, 3.05) is 12.3 Å². The molecule has 0 N–H and O–H groups in total. The van der Waals surface area contributed by atoms with E-state index in [1.807, 2.05) is 0 Å². The molecule has 0 saturated heterocycles. The molecule has 0 heterocycles. The highest BCUT2D eigenvalue weighted by atomic mass is 32.4. The molecule has 0 aromatic heterocycles. The molecule has 0 amide bonds. The summed E-state index contributed by atoms with van der Waals surface area (Å²) in [5, 5.41) is 0. The fourth-order valence-corrected chi connectivity index (χ4v) is 4.63. The molecule has 104 valence electrons. The van der Waals surface area contributed by atoms with Crippen molar-refractivity contribution in [3.63, 3.8) is 0 Å². The van der Waals surface area contributed by atoms with Crippen LogP contribution in [0.3, 0.4) is 0 Å². The fourth-order valence-electron chi connectivity index (χ4n) is 2.22. The van der Waals surface area contributed by atoms with Crippen LogP contribution in [0.25, 0.3) is 0 Å². The van der Waals surface area contributed by atoms with Gasteiger partial charge in [-0.1, -0.05) is 84.9 Å². The van der Waals surface area contributed by atoms with Gasteiger partial charge in [0, 0.05) is 0 Å². The minimum absolute atomic E-state index is 1.07. The quantitative estimate of drug-likeness (QED) is 0.641. The van der Waals surface area contributed by atoms with Gasteiger partial charge in [-0.15, -0.1) is 0 Å². The van der Waals surface area contributed by atoms with Crippen LogP contribution < -0.4 is 0 Å². The van der Waals surface area contributed by atoms with Crippen molar-refractivity contribution in [3.05, 3.63) is 84.2 Å². The molecule has 20 heavy (non-hydrogen) atoms. The number of hydrogen-bond donors (Lipinski definition) is 0. The zero-order valence-corrected chi connectivity index (χ0v) is 13.5. The highest BCUT2D eigenvalue weighted by molar-refractivity contribution is 8.16. The molecule has 0 radical (unpaired) electrons. The molecular weight excluding hydrogens is 279 g/mol. The normalized spacial score (nSPS) is 11.2.